The van der Waals surface area contributed by atoms with Crippen molar-refractivity contribution in [1.82, 2.24) is 4.57 Å². The minimum atomic E-state index is 0.310. The Morgan fingerprint density at radius 3 is 2.62 bits per heavy atom. The number of nitrogens with zero attached hydrogens (tertiary/aromatic N) is 1. The Morgan fingerprint density at radius 2 is 1.94 bits per heavy atom. The van der Waals surface area contributed by atoms with Gasteiger partial charge in [-0.3, -0.25) is 0 Å². The summed E-state index contributed by atoms with van der Waals surface area (Å²) in [6.45, 7) is 4.59. The van der Waals surface area contributed by atoms with Gasteiger partial charge in [-0.2, -0.15) is 0 Å². The summed E-state index contributed by atoms with van der Waals surface area (Å²) >= 11 is 3.59. The molecule has 2 aromatic rings. The van der Waals surface area contributed by atoms with Crippen molar-refractivity contribution < 1.29 is 0 Å². The molecule has 0 aliphatic rings. The third-order valence-electron chi connectivity index (χ3n) is 3.01. The maximum absolute atomic E-state index is 3.59. The van der Waals surface area contributed by atoms with Gasteiger partial charge in [-0.15, -0.1) is 0 Å². The lowest BCUT2D eigenvalue weighted by Gasteiger charge is -2.20. The number of rotatable bonds is 3. The minimum Gasteiger partial charge on any atom is -0.350 e. The van der Waals surface area contributed by atoms with E-state index < -0.39 is 0 Å². The van der Waals surface area contributed by atoms with Crippen LogP contribution >= 0.6 is 15.9 Å². The van der Waals surface area contributed by atoms with Gasteiger partial charge in [0.05, 0.1) is 0 Å². The quantitative estimate of drug-likeness (QED) is 0.745. The highest BCUT2D eigenvalue weighted by Gasteiger charge is 2.19. The van der Waals surface area contributed by atoms with Gasteiger partial charge >= 0.3 is 0 Å². The molecule has 0 bridgehead atoms. The third kappa shape index (κ3) is 2.17. The van der Waals surface area contributed by atoms with Gasteiger partial charge < -0.3 is 4.57 Å². The van der Waals surface area contributed by atoms with E-state index in [2.05, 4.69) is 71.9 Å². The third-order valence-corrected chi connectivity index (χ3v) is 4.53. The number of aryl methyl sites for hydroxylation is 1. The molecule has 1 heterocycles. The molecule has 0 unspecified atom stereocenters. The first-order valence-corrected chi connectivity index (χ1v) is 6.74. The molecule has 0 spiro atoms. The molecule has 1 aromatic carbocycles. The van der Waals surface area contributed by atoms with E-state index in [0.717, 1.165) is 11.8 Å². The highest BCUT2D eigenvalue weighted by molar-refractivity contribution is 9.09. The van der Waals surface area contributed by atoms with Crippen LogP contribution in [0, 0.1) is 5.41 Å². The second kappa shape index (κ2) is 4.25. The Labute approximate surface area is 106 Å². The molecule has 0 radical (unpaired) electrons. The topological polar surface area (TPSA) is 4.93 Å². The van der Waals surface area contributed by atoms with Crippen LogP contribution in [0.5, 0.6) is 0 Å². The summed E-state index contributed by atoms with van der Waals surface area (Å²) in [5.41, 5.74) is 3.08. The second-order valence-corrected chi connectivity index (χ2v) is 5.82. The molecular weight excluding hydrogens is 262 g/mol. The molecule has 0 saturated carbocycles. The molecule has 0 fully saturated rings. The summed E-state index contributed by atoms with van der Waals surface area (Å²) in [5, 5.41) is 2.42. The fraction of sp³-hybridized carbons (Fsp3) is 0.429. The zero-order valence-corrected chi connectivity index (χ0v) is 11.7. The largest absolute Gasteiger partial charge is 0.350 e. The Balaban J connectivity index is 2.46. The van der Waals surface area contributed by atoms with E-state index in [-0.39, 0.29) is 0 Å². The molecule has 0 aliphatic carbocycles. The SMILES string of the molecule is Cn1cc(CC(C)(C)CBr)c2ccccc21. The molecule has 0 aliphatic heterocycles. The van der Waals surface area contributed by atoms with E-state index >= 15 is 0 Å². The molecule has 0 N–H and O–H groups in total. The van der Waals surface area contributed by atoms with Gasteiger partial charge in [-0.05, 0) is 23.5 Å². The average Bonchev–Trinajstić information content (AvgIpc) is 2.56. The lowest BCUT2D eigenvalue weighted by molar-refractivity contribution is 0.426. The highest BCUT2D eigenvalue weighted by Crippen LogP contribution is 2.29. The van der Waals surface area contributed by atoms with Crippen molar-refractivity contribution in [2.24, 2.45) is 12.5 Å². The molecule has 2 rings (SSSR count). The van der Waals surface area contributed by atoms with Crippen molar-refractivity contribution in [1.29, 1.82) is 0 Å². The highest BCUT2D eigenvalue weighted by atomic mass is 79.9. The zero-order valence-electron chi connectivity index (χ0n) is 10.1. The monoisotopic (exact) mass is 279 g/mol. The van der Waals surface area contributed by atoms with Crippen LogP contribution in [-0.2, 0) is 13.5 Å². The van der Waals surface area contributed by atoms with E-state index in [4.69, 9.17) is 0 Å². The normalized spacial score (nSPS) is 12.2. The van der Waals surface area contributed by atoms with Gasteiger partial charge in [-0.1, -0.05) is 48.0 Å². The molecule has 2 heteroatoms. The van der Waals surface area contributed by atoms with E-state index in [1.165, 1.54) is 16.5 Å². The van der Waals surface area contributed by atoms with Crippen LogP contribution in [0.3, 0.4) is 0 Å². The molecular formula is C14H18BrN. The molecule has 1 nitrogen and oxygen atoms in total. The first kappa shape index (κ1) is 11.7. The molecule has 16 heavy (non-hydrogen) atoms. The average molecular weight is 280 g/mol. The Bertz CT molecular complexity index is 496. The summed E-state index contributed by atoms with van der Waals surface area (Å²) in [5.74, 6) is 0. The van der Waals surface area contributed by atoms with Crippen molar-refractivity contribution in [3.05, 3.63) is 36.0 Å². The van der Waals surface area contributed by atoms with Crippen LogP contribution in [0.4, 0.5) is 0 Å². The van der Waals surface area contributed by atoms with E-state index in [9.17, 15) is 0 Å². The number of hydrogen-bond acceptors (Lipinski definition) is 0. The second-order valence-electron chi connectivity index (χ2n) is 5.26. The van der Waals surface area contributed by atoms with Crippen LogP contribution in [-0.4, -0.2) is 9.90 Å². The van der Waals surface area contributed by atoms with Gasteiger partial charge in [0.15, 0.2) is 0 Å². The number of aromatic nitrogens is 1. The van der Waals surface area contributed by atoms with Gasteiger partial charge in [-0.25, -0.2) is 0 Å². The first-order valence-electron chi connectivity index (χ1n) is 5.62. The van der Waals surface area contributed by atoms with Crippen molar-refractivity contribution in [2.75, 3.05) is 5.33 Å². The number of benzene rings is 1. The number of halogens is 1. The van der Waals surface area contributed by atoms with Crippen LogP contribution in [0.15, 0.2) is 30.5 Å². The molecule has 0 atom stereocenters. The number of alkyl halides is 1. The van der Waals surface area contributed by atoms with Crippen LogP contribution in [0.1, 0.15) is 19.4 Å². The van der Waals surface area contributed by atoms with E-state index in [0.29, 0.717) is 5.41 Å². The summed E-state index contributed by atoms with van der Waals surface area (Å²) in [6.07, 6.45) is 3.37. The van der Waals surface area contributed by atoms with Crippen molar-refractivity contribution >= 4 is 26.8 Å². The first-order chi connectivity index (χ1) is 7.53. The van der Waals surface area contributed by atoms with Gasteiger partial charge in [0.25, 0.3) is 0 Å². The fourth-order valence-corrected chi connectivity index (χ4v) is 2.33. The maximum Gasteiger partial charge on any atom is 0.0480 e. The number of para-hydroxylation sites is 1. The zero-order chi connectivity index (χ0) is 11.8. The minimum absolute atomic E-state index is 0.310. The predicted octanol–water partition coefficient (Wildman–Crippen LogP) is 4.14. The Hall–Kier alpha value is -0.760. The lowest BCUT2D eigenvalue weighted by atomic mass is 9.88. The predicted molar refractivity (Wildman–Crippen MR) is 74.2 cm³/mol. The molecule has 0 amide bonds. The maximum atomic E-state index is 3.59. The van der Waals surface area contributed by atoms with E-state index in [1.807, 2.05) is 0 Å². The fourth-order valence-electron chi connectivity index (χ4n) is 2.13. The standard InChI is InChI=1S/C14H18BrN/c1-14(2,10-15)8-11-9-16(3)13-7-5-4-6-12(11)13/h4-7,9H,8,10H2,1-3H3. The Kier molecular flexibility index (Phi) is 3.11. The molecule has 1 aromatic heterocycles. The van der Waals surface area contributed by atoms with Crippen LogP contribution in [0.2, 0.25) is 0 Å². The molecule has 86 valence electrons. The summed E-state index contributed by atoms with van der Waals surface area (Å²) in [6, 6.07) is 8.61. The summed E-state index contributed by atoms with van der Waals surface area (Å²) < 4.78 is 2.22. The number of hydrogen-bond donors (Lipinski definition) is 0. The van der Waals surface area contributed by atoms with Crippen LogP contribution < -0.4 is 0 Å². The smallest absolute Gasteiger partial charge is 0.0480 e. The van der Waals surface area contributed by atoms with Gasteiger partial charge in [0.1, 0.15) is 0 Å². The van der Waals surface area contributed by atoms with Crippen molar-refractivity contribution in [2.45, 2.75) is 20.3 Å². The van der Waals surface area contributed by atoms with Gasteiger partial charge in [0, 0.05) is 29.5 Å². The van der Waals surface area contributed by atoms with Crippen molar-refractivity contribution in [3.63, 3.8) is 0 Å². The van der Waals surface area contributed by atoms with Crippen molar-refractivity contribution in [3.8, 4) is 0 Å². The summed E-state index contributed by atoms with van der Waals surface area (Å²) in [4.78, 5) is 0. The summed E-state index contributed by atoms with van der Waals surface area (Å²) in [7, 11) is 2.12. The van der Waals surface area contributed by atoms with Crippen LogP contribution in [0.25, 0.3) is 10.9 Å². The van der Waals surface area contributed by atoms with E-state index in [1.54, 1.807) is 0 Å². The molecule has 0 saturated heterocycles. The van der Waals surface area contributed by atoms with Gasteiger partial charge in [0.2, 0.25) is 0 Å². The lowest BCUT2D eigenvalue weighted by Crippen LogP contribution is -2.16. The number of fused-ring (bicyclic) bond motifs is 1. The Morgan fingerprint density at radius 1 is 1.25 bits per heavy atom.